The number of thiazole rings is 1. The number of anilines is 2. The summed E-state index contributed by atoms with van der Waals surface area (Å²) in [4.78, 5) is 27.6. The molecule has 0 unspecified atom stereocenters. The third-order valence-corrected chi connectivity index (χ3v) is 5.61. The van der Waals surface area contributed by atoms with E-state index in [0.29, 0.717) is 35.9 Å². The number of hydrogen-bond donors (Lipinski definition) is 1. The van der Waals surface area contributed by atoms with Gasteiger partial charge in [-0.25, -0.2) is 19.6 Å². The second-order valence-electron chi connectivity index (χ2n) is 6.35. The van der Waals surface area contributed by atoms with Crippen LogP contribution in [0.25, 0.3) is 21.4 Å². The average Bonchev–Trinajstić information content (AvgIpc) is 3.23. The van der Waals surface area contributed by atoms with Crippen molar-refractivity contribution in [1.82, 2.24) is 29.9 Å². The van der Waals surface area contributed by atoms with Crippen LogP contribution in [0, 0.1) is 5.92 Å². The number of nitrogens with zero attached hydrogens (tertiary/aromatic N) is 7. The predicted molar refractivity (Wildman–Crippen MR) is 103 cm³/mol. The van der Waals surface area contributed by atoms with Crippen LogP contribution in [0.2, 0.25) is 0 Å². The Balaban J connectivity index is 1.29. The Labute approximate surface area is 158 Å². The molecule has 1 N–H and O–H groups in total. The zero-order chi connectivity index (χ0) is 18.4. The van der Waals surface area contributed by atoms with Crippen LogP contribution in [0.1, 0.15) is 6.92 Å². The topological polar surface area (TPSA) is 102 Å². The minimum absolute atomic E-state index is 0.0205. The van der Waals surface area contributed by atoms with Gasteiger partial charge in [0, 0.05) is 19.6 Å². The molecule has 9 nitrogen and oxygen atoms in total. The van der Waals surface area contributed by atoms with Crippen molar-refractivity contribution in [2.75, 3.05) is 23.3 Å². The van der Waals surface area contributed by atoms with Crippen LogP contribution < -0.4 is 10.2 Å². The van der Waals surface area contributed by atoms with Gasteiger partial charge in [0.25, 0.3) is 0 Å². The van der Waals surface area contributed by atoms with Crippen molar-refractivity contribution in [2.24, 2.45) is 5.92 Å². The van der Waals surface area contributed by atoms with Gasteiger partial charge in [0.15, 0.2) is 22.1 Å². The lowest BCUT2D eigenvalue weighted by Gasteiger charge is -2.38. The molecule has 5 rings (SSSR count). The molecule has 1 aliphatic rings. The molecule has 4 heterocycles. The molecular weight excluding hydrogens is 364 g/mol. The molecule has 136 valence electrons. The van der Waals surface area contributed by atoms with Gasteiger partial charge in [-0.1, -0.05) is 28.7 Å². The number of hydrogen-bond acceptors (Lipinski definition) is 8. The third-order valence-electron chi connectivity index (χ3n) is 4.66. The molecule has 1 aromatic carbocycles. The molecule has 1 saturated heterocycles. The molecular formula is C17H16N8OS. The highest BCUT2D eigenvalue weighted by Gasteiger charge is 2.35. The first kappa shape index (κ1) is 16.1. The molecule has 4 aromatic rings. The number of amides is 1. The van der Waals surface area contributed by atoms with Crippen molar-refractivity contribution in [3.63, 3.8) is 0 Å². The molecule has 0 bridgehead atoms. The average molecular weight is 380 g/mol. The normalized spacial score (nSPS) is 14.6. The quantitative estimate of drug-likeness (QED) is 0.577. The molecule has 1 aliphatic heterocycles. The van der Waals surface area contributed by atoms with Crippen LogP contribution >= 0.6 is 11.3 Å². The van der Waals surface area contributed by atoms with Gasteiger partial charge in [-0.2, -0.15) is 0 Å². The molecule has 10 heteroatoms. The highest BCUT2D eigenvalue weighted by Crippen LogP contribution is 2.30. The number of benzene rings is 1. The van der Waals surface area contributed by atoms with Crippen molar-refractivity contribution < 1.29 is 4.79 Å². The maximum atomic E-state index is 12.5. The summed E-state index contributed by atoms with van der Waals surface area (Å²) in [6, 6.07) is 7.84. The fraction of sp³-hybridized carbons (Fsp3) is 0.294. The van der Waals surface area contributed by atoms with Gasteiger partial charge in [0.05, 0.1) is 16.1 Å². The van der Waals surface area contributed by atoms with E-state index in [1.165, 1.54) is 17.7 Å². The van der Waals surface area contributed by atoms with Crippen molar-refractivity contribution in [3.05, 3.63) is 30.6 Å². The van der Waals surface area contributed by atoms with Crippen molar-refractivity contribution >= 4 is 49.6 Å². The molecule has 0 atom stereocenters. The summed E-state index contributed by atoms with van der Waals surface area (Å²) in [5.74, 6) is 0.597. The molecule has 0 spiro atoms. The number of para-hydroxylation sites is 1. The van der Waals surface area contributed by atoms with Crippen molar-refractivity contribution in [3.8, 4) is 0 Å². The molecule has 3 aromatic heterocycles. The van der Waals surface area contributed by atoms with Gasteiger partial charge in [-0.15, -0.1) is 5.10 Å². The van der Waals surface area contributed by atoms with Crippen LogP contribution in [0.4, 0.5) is 10.9 Å². The monoisotopic (exact) mass is 380 g/mol. The first-order valence-electron chi connectivity index (χ1n) is 8.68. The number of carbonyl (C=O) groups excluding carboxylic acids is 1. The summed E-state index contributed by atoms with van der Waals surface area (Å²) in [6.07, 6.45) is 1.52. The van der Waals surface area contributed by atoms with Crippen LogP contribution in [0.3, 0.4) is 0 Å². The van der Waals surface area contributed by atoms with E-state index in [1.807, 2.05) is 36.1 Å². The standard InChI is InChI=1S/C17H16N8OS/c1-2-25-15-13(22-23-25)14(18-9-19-15)24-7-10(8-24)16(26)21-17-20-11-5-3-4-6-12(11)27-17/h3-6,9-10H,2,7-8H2,1H3,(H,20,21,26). The number of fused-ring (bicyclic) bond motifs is 2. The largest absolute Gasteiger partial charge is 0.353 e. The van der Waals surface area contributed by atoms with E-state index < -0.39 is 0 Å². The van der Waals surface area contributed by atoms with Gasteiger partial charge >= 0.3 is 0 Å². The van der Waals surface area contributed by atoms with Crippen LogP contribution in [0.15, 0.2) is 30.6 Å². The third kappa shape index (κ3) is 2.69. The number of rotatable bonds is 4. The summed E-state index contributed by atoms with van der Waals surface area (Å²) in [5, 5.41) is 11.9. The lowest BCUT2D eigenvalue weighted by Crippen LogP contribution is -2.52. The van der Waals surface area contributed by atoms with Crippen molar-refractivity contribution in [1.29, 1.82) is 0 Å². The molecule has 1 fully saturated rings. The SMILES string of the molecule is CCn1nnc2c(N3CC(C(=O)Nc4nc5ccccc5s4)C3)ncnc21. The van der Waals surface area contributed by atoms with Gasteiger partial charge in [0.1, 0.15) is 6.33 Å². The zero-order valence-corrected chi connectivity index (χ0v) is 15.3. The molecule has 1 amide bonds. The number of aromatic nitrogens is 6. The Morgan fingerprint density at radius 3 is 2.96 bits per heavy atom. The first-order valence-corrected chi connectivity index (χ1v) is 9.50. The Morgan fingerprint density at radius 2 is 2.15 bits per heavy atom. The summed E-state index contributed by atoms with van der Waals surface area (Å²) in [5.41, 5.74) is 2.28. The van der Waals surface area contributed by atoms with E-state index in [-0.39, 0.29) is 11.8 Å². The number of nitrogens with one attached hydrogen (secondary N) is 1. The van der Waals surface area contributed by atoms with E-state index in [0.717, 1.165) is 16.0 Å². The highest BCUT2D eigenvalue weighted by atomic mass is 32.1. The minimum atomic E-state index is -0.108. The molecule has 0 radical (unpaired) electrons. The lowest BCUT2D eigenvalue weighted by atomic mass is 9.99. The minimum Gasteiger partial charge on any atom is -0.353 e. The van der Waals surface area contributed by atoms with E-state index >= 15 is 0 Å². The maximum Gasteiger partial charge on any atom is 0.232 e. The summed E-state index contributed by atoms with van der Waals surface area (Å²) in [7, 11) is 0. The maximum absolute atomic E-state index is 12.5. The van der Waals surface area contributed by atoms with E-state index in [4.69, 9.17) is 0 Å². The van der Waals surface area contributed by atoms with Gasteiger partial charge < -0.3 is 10.2 Å². The number of aryl methyl sites for hydroxylation is 1. The molecule has 0 aliphatic carbocycles. The van der Waals surface area contributed by atoms with E-state index in [2.05, 4.69) is 30.6 Å². The fourth-order valence-corrected chi connectivity index (χ4v) is 4.04. The second kappa shape index (κ2) is 6.23. The van der Waals surface area contributed by atoms with Gasteiger partial charge in [0.2, 0.25) is 5.91 Å². The molecule has 0 saturated carbocycles. The second-order valence-corrected chi connectivity index (χ2v) is 7.38. The Hall–Kier alpha value is -3.14. The van der Waals surface area contributed by atoms with E-state index in [9.17, 15) is 4.79 Å². The Kier molecular flexibility index (Phi) is 3.71. The first-order chi connectivity index (χ1) is 13.2. The summed E-state index contributed by atoms with van der Waals surface area (Å²) < 4.78 is 2.79. The zero-order valence-electron chi connectivity index (χ0n) is 14.5. The van der Waals surface area contributed by atoms with Crippen LogP contribution in [-0.4, -0.2) is 48.9 Å². The fourth-order valence-electron chi connectivity index (χ4n) is 3.17. The molecule has 27 heavy (non-hydrogen) atoms. The summed E-state index contributed by atoms with van der Waals surface area (Å²) >= 11 is 1.48. The Morgan fingerprint density at radius 1 is 1.30 bits per heavy atom. The van der Waals surface area contributed by atoms with E-state index in [1.54, 1.807) is 4.68 Å². The predicted octanol–water partition coefficient (Wildman–Crippen LogP) is 1.93. The highest BCUT2D eigenvalue weighted by molar-refractivity contribution is 7.22. The van der Waals surface area contributed by atoms with Crippen LogP contribution in [-0.2, 0) is 11.3 Å². The smallest absolute Gasteiger partial charge is 0.232 e. The Bertz CT molecular complexity index is 1110. The van der Waals surface area contributed by atoms with Crippen LogP contribution in [0.5, 0.6) is 0 Å². The van der Waals surface area contributed by atoms with Gasteiger partial charge in [-0.05, 0) is 19.1 Å². The number of carbonyl (C=O) groups is 1. The lowest BCUT2D eigenvalue weighted by molar-refractivity contribution is -0.120. The van der Waals surface area contributed by atoms with Gasteiger partial charge in [-0.3, -0.25) is 4.79 Å². The summed E-state index contributed by atoms with van der Waals surface area (Å²) in [6.45, 7) is 3.85. The van der Waals surface area contributed by atoms with Crippen molar-refractivity contribution in [2.45, 2.75) is 13.5 Å².